The van der Waals surface area contributed by atoms with Gasteiger partial charge in [-0.15, -0.1) is 0 Å². The number of halogens is 2. The molecule has 0 spiro atoms. The monoisotopic (exact) mass is 232 g/mol. The molecule has 0 amide bonds. The molecule has 2 rings (SSSR count). The molecule has 0 unspecified atom stereocenters. The van der Waals surface area contributed by atoms with Crippen LogP contribution >= 0.6 is 11.6 Å². The molecule has 7 heteroatoms. The molecule has 1 aliphatic heterocycles. The predicted molar refractivity (Wildman–Crippen MR) is 53.0 cm³/mol. The molecule has 0 saturated carbocycles. The normalized spacial score (nSPS) is 17.7. The van der Waals surface area contributed by atoms with Gasteiger partial charge < -0.3 is 10.2 Å². The number of hydrogen-bond donors (Lipinski definition) is 1. The van der Waals surface area contributed by atoms with Crippen molar-refractivity contribution in [3.63, 3.8) is 0 Å². The molecule has 0 radical (unpaired) electrons. The van der Waals surface area contributed by atoms with Gasteiger partial charge in [-0.3, -0.25) is 0 Å². The summed E-state index contributed by atoms with van der Waals surface area (Å²) in [5, 5.41) is 1.85. The molecule has 0 atom stereocenters. The minimum absolute atomic E-state index is 0.0205. The zero-order valence-electron chi connectivity index (χ0n) is 7.91. The van der Waals surface area contributed by atoms with Crippen LogP contribution in [-0.4, -0.2) is 41.3 Å². The predicted octanol–water partition coefficient (Wildman–Crippen LogP) is 0.928. The third kappa shape index (κ3) is 2.74. The van der Waals surface area contributed by atoms with Gasteiger partial charge in [-0.25, -0.2) is 14.4 Å². The highest BCUT2D eigenvalue weighted by atomic mass is 35.5. The van der Waals surface area contributed by atoms with Crippen LogP contribution in [0.1, 0.15) is 0 Å². The van der Waals surface area contributed by atoms with E-state index in [0.29, 0.717) is 26.3 Å². The van der Waals surface area contributed by atoms with Crippen molar-refractivity contribution in [2.24, 2.45) is 0 Å². The van der Waals surface area contributed by atoms with Crippen LogP contribution in [0.15, 0.2) is 6.20 Å². The van der Waals surface area contributed by atoms with Gasteiger partial charge in [-0.05, 0) is 11.6 Å². The SMILES string of the molecule is Fc1cnc(Cl)nc1NN1CCOCC1. The van der Waals surface area contributed by atoms with Gasteiger partial charge in [0.15, 0.2) is 11.6 Å². The number of hydrazine groups is 1. The summed E-state index contributed by atoms with van der Waals surface area (Å²) in [5.41, 5.74) is 2.83. The van der Waals surface area contributed by atoms with Crippen molar-refractivity contribution < 1.29 is 9.13 Å². The molecule has 5 nitrogen and oxygen atoms in total. The number of hydrogen-bond acceptors (Lipinski definition) is 5. The van der Waals surface area contributed by atoms with Crippen LogP contribution in [-0.2, 0) is 4.74 Å². The van der Waals surface area contributed by atoms with E-state index < -0.39 is 5.82 Å². The van der Waals surface area contributed by atoms with E-state index in [1.54, 1.807) is 0 Å². The molecular formula is C8H10ClFN4O. The van der Waals surface area contributed by atoms with Gasteiger partial charge in [-0.1, -0.05) is 0 Å². The lowest BCUT2D eigenvalue weighted by Gasteiger charge is -2.27. The molecule has 0 aliphatic carbocycles. The van der Waals surface area contributed by atoms with E-state index in [1.807, 2.05) is 5.01 Å². The average Bonchev–Trinajstić information content (AvgIpc) is 2.25. The largest absolute Gasteiger partial charge is 0.379 e. The Hall–Kier alpha value is -0.980. The average molecular weight is 233 g/mol. The van der Waals surface area contributed by atoms with E-state index in [-0.39, 0.29) is 11.1 Å². The molecule has 1 N–H and O–H groups in total. The molecule has 1 fully saturated rings. The van der Waals surface area contributed by atoms with E-state index in [0.717, 1.165) is 6.20 Å². The smallest absolute Gasteiger partial charge is 0.224 e. The van der Waals surface area contributed by atoms with E-state index >= 15 is 0 Å². The summed E-state index contributed by atoms with van der Waals surface area (Å²) in [5.74, 6) is -0.428. The second kappa shape index (κ2) is 4.69. The van der Waals surface area contributed by atoms with E-state index in [2.05, 4.69) is 15.4 Å². The van der Waals surface area contributed by atoms with Crippen LogP contribution in [0.5, 0.6) is 0 Å². The van der Waals surface area contributed by atoms with Crippen molar-refractivity contribution in [3.8, 4) is 0 Å². The summed E-state index contributed by atoms with van der Waals surface area (Å²) in [6.45, 7) is 2.60. The fourth-order valence-electron chi connectivity index (χ4n) is 1.25. The minimum atomic E-state index is -0.522. The van der Waals surface area contributed by atoms with Crippen molar-refractivity contribution >= 4 is 17.4 Å². The summed E-state index contributed by atoms with van der Waals surface area (Å²) in [4.78, 5) is 7.28. The third-order valence-corrected chi connectivity index (χ3v) is 2.17. The number of morpholine rings is 1. The zero-order valence-corrected chi connectivity index (χ0v) is 8.67. The van der Waals surface area contributed by atoms with Crippen molar-refractivity contribution in [2.45, 2.75) is 0 Å². The Labute approximate surface area is 91.2 Å². The second-order valence-electron chi connectivity index (χ2n) is 3.05. The van der Waals surface area contributed by atoms with Crippen molar-refractivity contribution in [3.05, 3.63) is 17.3 Å². The molecule has 1 aromatic rings. The zero-order chi connectivity index (χ0) is 10.7. The number of anilines is 1. The van der Waals surface area contributed by atoms with E-state index in [4.69, 9.17) is 16.3 Å². The topological polar surface area (TPSA) is 50.3 Å². The number of nitrogens with zero attached hydrogens (tertiary/aromatic N) is 3. The highest BCUT2D eigenvalue weighted by Crippen LogP contribution is 2.13. The Morgan fingerprint density at radius 3 is 2.93 bits per heavy atom. The third-order valence-electron chi connectivity index (χ3n) is 1.99. The van der Waals surface area contributed by atoms with Gasteiger partial charge >= 0.3 is 0 Å². The van der Waals surface area contributed by atoms with Crippen molar-refractivity contribution in [1.29, 1.82) is 0 Å². The van der Waals surface area contributed by atoms with Gasteiger partial charge in [-0.2, -0.15) is 4.98 Å². The molecule has 82 valence electrons. The number of nitrogens with one attached hydrogen (secondary N) is 1. The standard InChI is InChI=1S/C8H10ClFN4O/c9-8-11-5-6(10)7(12-8)13-14-1-3-15-4-2-14/h5H,1-4H2,(H,11,12,13). The number of ether oxygens (including phenoxy) is 1. The lowest BCUT2D eigenvalue weighted by atomic mass is 10.5. The Balaban J connectivity index is 2.05. The van der Waals surface area contributed by atoms with E-state index in [9.17, 15) is 4.39 Å². The minimum Gasteiger partial charge on any atom is -0.379 e. The molecule has 1 aromatic heterocycles. The lowest BCUT2D eigenvalue weighted by Crippen LogP contribution is -2.40. The Morgan fingerprint density at radius 2 is 2.20 bits per heavy atom. The van der Waals surface area contributed by atoms with Gasteiger partial charge in [0.25, 0.3) is 0 Å². The highest BCUT2D eigenvalue weighted by Gasteiger charge is 2.13. The van der Waals surface area contributed by atoms with Gasteiger partial charge in [0.1, 0.15) is 0 Å². The van der Waals surface area contributed by atoms with Crippen LogP contribution in [0.4, 0.5) is 10.2 Å². The van der Waals surface area contributed by atoms with Gasteiger partial charge in [0, 0.05) is 13.1 Å². The maximum atomic E-state index is 13.2. The summed E-state index contributed by atoms with van der Waals surface area (Å²) in [6, 6.07) is 0. The first kappa shape index (κ1) is 10.5. The highest BCUT2D eigenvalue weighted by molar-refractivity contribution is 6.28. The van der Waals surface area contributed by atoms with Crippen molar-refractivity contribution in [1.82, 2.24) is 15.0 Å². The summed E-state index contributed by atoms with van der Waals surface area (Å²) < 4.78 is 18.4. The fraction of sp³-hybridized carbons (Fsp3) is 0.500. The van der Waals surface area contributed by atoms with Crippen LogP contribution < -0.4 is 5.43 Å². The molecule has 0 bridgehead atoms. The first-order valence-corrected chi connectivity index (χ1v) is 4.91. The summed E-state index contributed by atoms with van der Waals surface area (Å²) >= 11 is 5.56. The molecule has 0 aromatic carbocycles. The maximum Gasteiger partial charge on any atom is 0.224 e. The molecule has 15 heavy (non-hydrogen) atoms. The molecule has 1 saturated heterocycles. The summed E-state index contributed by atoms with van der Waals surface area (Å²) in [6.07, 6.45) is 1.04. The fourth-order valence-corrected chi connectivity index (χ4v) is 1.38. The number of aromatic nitrogens is 2. The van der Waals surface area contributed by atoms with Gasteiger partial charge in [0.2, 0.25) is 5.28 Å². The summed E-state index contributed by atoms with van der Waals surface area (Å²) in [7, 11) is 0. The van der Waals surface area contributed by atoms with Crippen LogP contribution in [0.2, 0.25) is 5.28 Å². The van der Waals surface area contributed by atoms with Gasteiger partial charge in [0.05, 0.1) is 19.4 Å². The Bertz CT molecular complexity index is 345. The maximum absolute atomic E-state index is 13.2. The van der Waals surface area contributed by atoms with E-state index in [1.165, 1.54) is 0 Å². The second-order valence-corrected chi connectivity index (χ2v) is 3.38. The molecule has 2 heterocycles. The Kier molecular flexibility index (Phi) is 3.30. The molecular weight excluding hydrogens is 223 g/mol. The van der Waals surface area contributed by atoms with Crippen LogP contribution in [0.25, 0.3) is 0 Å². The quantitative estimate of drug-likeness (QED) is 0.769. The van der Waals surface area contributed by atoms with Crippen molar-refractivity contribution in [2.75, 3.05) is 31.7 Å². The first-order chi connectivity index (χ1) is 7.25. The number of rotatable bonds is 2. The van der Waals surface area contributed by atoms with Crippen LogP contribution in [0, 0.1) is 5.82 Å². The first-order valence-electron chi connectivity index (χ1n) is 4.53. The lowest BCUT2D eigenvalue weighted by molar-refractivity contribution is 0.0493. The van der Waals surface area contributed by atoms with Crippen LogP contribution in [0.3, 0.4) is 0 Å². The Morgan fingerprint density at radius 1 is 1.47 bits per heavy atom. The molecule has 1 aliphatic rings.